The van der Waals surface area contributed by atoms with Gasteiger partial charge in [0.2, 0.25) is 0 Å². The Bertz CT molecular complexity index is 6430. The summed E-state index contributed by atoms with van der Waals surface area (Å²) in [5.41, 5.74) is 6.87. The van der Waals surface area contributed by atoms with Crippen molar-refractivity contribution in [2.45, 2.75) is 154 Å². The second kappa shape index (κ2) is 45.6. The van der Waals surface area contributed by atoms with Gasteiger partial charge in [-0.25, -0.2) is 89.7 Å². The van der Waals surface area contributed by atoms with Gasteiger partial charge < -0.3 is 160 Å². The monoisotopic (exact) mass is 2240 g/mol. The molecule has 1 aliphatic carbocycles. The number of fused-ring (bicyclic) bond motifs is 2. The van der Waals surface area contributed by atoms with Crippen LogP contribution in [0.5, 0.6) is 0 Å². The Kier molecular flexibility index (Phi) is 37.8. The van der Waals surface area contributed by atoms with Crippen LogP contribution in [0.2, 0.25) is 0 Å². The van der Waals surface area contributed by atoms with Gasteiger partial charge in [-0.1, -0.05) is 12.2 Å². The van der Waals surface area contributed by atoms with Crippen molar-refractivity contribution in [2.75, 3.05) is 51.1 Å². The third kappa shape index (κ3) is 30.2. The summed E-state index contributed by atoms with van der Waals surface area (Å²) in [6, 6.07) is 2.80. The maximum Gasteiger partial charge on any atom is 0.490 e. The lowest BCUT2D eigenvalue weighted by molar-refractivity contribution is -0.160. The van der Waals surface area contributed by atoms with Crippen molar-refractivity contribution >= 4 is 134 Å². The van der Waals surface area contributed by atoms with Crippen molar-refractivity contribution in [1.82, 2.24) is 67.7 Å². The van der Waals surface area contributed by atoms with E-state index in [-0.39, 0.29) is 34.0 Å². The summed E-state index contributed by atoms with van der Waals surface area (Å²) >= 11 is 7.14. The van der Waals surface area contributed by atoms with Crippen LogP contribution in [0, 0.1) is 5.92 Å². The van der Waals surface area contributed by atoms with Gasteiger partial charge in [-0.15, -0.1) is 0 Å². The van der Waals surface area contributed by atoms with Crippen LogP contribution < -0.4 is 45.2 Å². The predicted octanol–water partition coefficient (Wildman–Crippen LogP) is -10.8. The molecule has 7 aromatic rings. The third-order valence-electron chi connectivity index (χ3n) is 19.2. The molecule has 32 N–H and O–H groups in total. The molecule has 0 aromatic carbocycles. The van der Waals surface area contributed by atoms with Gasteiger partial charge >= 0.3 is 93.2 Å². The molecule has 782 valence electrons. The Hall–Kier alpha value is -5.87. The van der Waals surface area contributed by atoms with Crippen LogP contribution in [0.25, 0.3) is 22.3 Å². The van der Waals surface area contributed by atoms with E-state index in [1.54, 1.807) is 0 Å². The minimum absolute atomic E-state index is 0.0228. The molecule has 1 saturated carbocycles. The van der Waals surface area contributed by atoms with E-state index in [2.05, 4.69) is 107 Å². The Morgan fingerprint density at radius 1 is 0.367 bits per heavy atom. The molecule has 12 heterocycles. The van der Waals surface area contributed by atoms with E-state index < -0.39 is 309 Å². The molecule has 73 nitrogen and oxygen atoms in total. The number of aliphatic hydroxyl groups excluding tert-OH is 14. The Balaban J connectivity index is 0.000000199. The van der Waals surface area contributed by atoms with E-state index in [1.807, 2.05) is 15.0 Å². The second-order valence-corrected chi connectivity index (χ2v) is 46.8. The zero-order valence-electron chi connectivity index (χ0n) is 68.3. The maximum atomic E-state index is 12.4. The highest BCUT2D eigenvalue weighted by Gasteiger charge is 2.55. The number of phosphoric ester groups is 6. The Labute approximate surface area is 776 Å². The number of aromatic amines is 3. The molecular formula is C54H82N16O57P10S2. The largest absolute Gasteiger partial charge is 0.490 e. The first-order valence-corrected chi connectivity index (χ1v) is 54.9. The summed E-state index contributed by atoms with van der Waals surface area (Å²) in [4.78, 5) is 202. The van der Waals surface area contributed by atoms with Crippen LogP contribution in [0.1, 0.15) is 37.6 Å². The van der Waals surface area contributed by atoms with Gasteiger partial charge in [-0.05, 0) is 18.2 Å². The third-order valence-corrected chi connectivity index (χ3v) is 33.4. The van der Waals surface area contributed by atoms with Crippen LogP contribution >= 0.6 is 88.3 Å². The normalized spacial score (nSPS) is 32.7. The molecule has 0 radical (unpaired) electrons. The quantitative estimate of drug-likeness (QED) is 0.0130. The fraction of sp³-hybridized carbons (Fsp3) is 0.593. The van der Waals surface area contributed by atoms with Gasteiger partial charge in [0.25, 0.3) is 16.7 Å². The fourth-order valence-corrected chi connectivity index (χ4v) is 25.0. The van der Waals surface area contributed by atoms with Gasteiger partial charge in [-0.3, -0.25) is 79.3 Å². The molecule has 6 fully saturated rings. The number of hydrogen-bond donors (Lipinski definition) is 31. The summed E-state index contributed by atoms with van der Waals surface area (Å²) in [6.45, 7) is -14.6. The number of aromatic nitrogens is 14. The highest BCUT2D eigenvalue weighted by Crippen LogP contribution is 2.72. The lowest BCUT2D eigenvalue weighted by Crippen LogP contribution is -2.54. The van der Waals surface area contributed by atoms with Gasteiger partial charge in [-0.2, -0.15) is 21.6 Å². The van der Waals surface area contributed by atoms with Crippen LogP contribution in [0.15, 0.2) is 90.9 Å². The topological polar surface area (TPSA) is 1120 Å². The molecule has 5 saturated heterocycles. The van der Waals surface area contributed by atoms with E-state index in [0.717, 1.165) is 63.1 Å². The number of H-pyrrole nitrogens is 3. The average Bonchev–Trinajstić information content (AvgIpc) is 1.64. The van der Waals surface area contributed by atoms with Crippen LogP contribution in [0.3, 0.4) is 0 Å². The number of anilines is 2. The first kappa shape index (κ1) is 115. The summed E-state index contributed by atoms with van der Waals surface area (Å²) in [6.07, 6.45) is -31.7. The minimum atomic E-state index is -6.22. The van der Waals surface area contributed by atoms with E-state index >= 15 is 0 Å². The highest BCUT2D eigenvalue weighted by molar-refractivity contribution is 8.44. The number of nitrogens with two attached hydrogens (primary N) is 2. The molecule has 85 heteroatoms. The second-order valence-electron chi connectivity index (χ2n) is 28.9. The zero-order chi connectivity index (χ0) is 104. The molecule has 139 heavy (non-hydrogen) atoms. The zero-order valence-corrected chi connectivity index (χ0v) is 79.0. The van der Waals surface area contributed by atoms with Gasteiger partial charge in [0.15, 0.2) is 54.1 Å². The van der Waals surface area contributed by atoms with E-state index in [4.69, 9.17) is 49.8 Å². The van der Waals surface area contributed by atoms with E-state index in [9.17, 15) is 180 Å². The number of thiol groups is 1. The number of hydrogen-bond acceptors (Lipinski definition) is 55. The number of rotatable bonds is 35. The summed E-state index contributed by atoms with van der Waals surface area (Å²) in [7, 11) is -44.8. The average molecular weight is 2240 g/mol. The van der Waals surface area contributed by atoms with Crippen molar-refractivity contribution in [3.05, 3.63) is 125 Å². The molecule has 7 aromatic heterocycles. The SMILES string of the molecule is Nc1ncnc2c1ncn2[C@@H]1O[C@H](COP(=O)(O)OP(=O)(O)OP(=O)(O)OP(=O)(O)OCC2O[C@@H](n3ccc(=O)[nH]c3=O)[C@H](O)[C@@H]2O)[C@@H](O)[C@H]1O.Nc1ncnc2c1ncn2[C@@H]1O[C@H](COP(=O)(O)OP(O)(O)=S)[C@@H](O)[C@H]1O.O=c1ccn([C@@H]2O[C@H](COP(=O)(O)OP(=O)(O)O[C@H]3C[C@H](CO)[C@@H](O)[C@H](O)[C@H]3O)[C@@H](O)[C@H]2O)c(=O)[nH]1.O=c1ccn([C@@H]2O[C@H](COP(=O)(O)OP(=O)(O)S)[C@@H](O)[C@H]2O)c(=O)[nH]1. The van der Waals surface area contributed by atoms with Gasteiger partial charge in [0.1, 0.15) is 127 Å². The van der Waals surface area contributed by atoms with Crippen LogP contribution in [-0.2, 0) is 130 Å². The summed E-state index contributed by atoms with van der Waals surface area (Å²) < 4.78 is 189. The minimum Gasteiger partial charge on any atom is -0.396 e. The van der Waals surface area contributed by atoms with Gasteiger partial charge in [0.05, 0.1) is 57.9 Å². The fourth-order valence-electron chi connectivity index (χ4n) is 13.0. The molecule has 0 bridgehead atoms. The Morgan fingerprint density at radius 3 is 0.921 bits per heavy atom. The van der Waals surface area contributed by atoms with Crippen molar-refractivity contribution in [3.63, 3.8) is 0 Å². The van der Waals surface area contributed by atoms with Crippen molar-refractivity contribution < 1.29 is 243 Å². The Morgan fingerprint density at radius 2 is 0.640 bits per heavy atom. The number of imidazole rings is 2. The summed E-state index contributed by atoms with van der Waals surface area (Å²) in [5.74, 6) is -0.972. The molecule has 34 atom stereocenters. The van der Waals surface area contributed by atoms with Gasteiger partial charge in [0, 0.05) is 49.3 Å². The molecule has 13 rings (SSSR count). The first-order chi connectivity index (χ1) is 64.1. The number of phosphoric acid groups is 8. The molecule has 6 aliphatic rings. The molecule has 10 unspecified atom stereocenters. The number of nitrogens with one attached hydrogen (secondary N) is 3. The molecular weight excluding hydrogens is 2160 g/mol. The number of ether oxygens (including phenoxy) is 5. The first-order valence-electron chi connectivity index (χ1n) is 37.6. The molecule has 5 aliphatic heterocycles. The lowest BCUT2D eigenvalue weighted by Gasteiger charge is -2.39. The highest BCUT2D eigenvalue weighted by atomic mass is 32.7. The smallest absolute Gasteiger partial charge is 0.396 e. The number of aliphatic hydroxyl groups is 14. The van der Waals surface area contributed by atoms with E-state index in [0.29, 0.717) is 4.57 Å². The maximum absolute atomic E-state index is 12.4. The predicted molar refractivity (Wildman–Crippen MR) is 444 cm³/mol. The van der Waals surface area contributed by atoms with Crippen molar-refractivity contribution in [2.24, 2.45) is 5.92 Å². The number of nitrogens with zero attached hydrogens (tertiary/aromatic N) is 11. The standard InChI is InChI=1S/C19H27N7O21P4.C16H26N2O16P2.C10H15N5O9P2S.C9H14N2O11P2S/c20-15-10-16(22-5-21-15)26(6-23-10)18-14(31)12(29)8(44-18)4-42-49(35,36)46-51(39,40)47-50(37,38)45-48(33,34)41-3-7-11(28)13(30)17(43-7)25-2-1-9(27)24-19(25)32;19-4-6-3-7(11(22)13(24)10(6)21)33-36(29,30)34-35(27,28)31-5-8-12(23)14(25)15(32-8)18-2-1-9(20)17-16(18)26;11-8-5-9(13-2-12-8)15(3-14-5)10-7(17)6(16)4(23-10)1-22-25(18,19)24-26(20,21)27;12-5-1-2-11(9(15)10-5)8-7(14)6(13)4(21-8)3-20-23(16,17)22-24(18,19)25/h1-2,5-8,11-14,17-18,28-31H,3-4H2,(H,33,34)(H,35,36)(H,37,38)(H,39,40)(H2,20,21,22)(H,24,27,32);1-2,6-8,10-15,19,21-25H,3-5H2,(H,27,28)(H,29,30)(H,17,20,26);2-4,6-7,10,16-17H,1H2,(H,18,19)(H2,11,12,13)(H2,20,21,27);1-2,4,6-8,13-14H,3H2,(H,16,17)(H,10,12,15)(H2,18,19,25)/t7?,8-,11-,12-,13-,14-,17-,18-;6-,7+,8-,10-,11+,12-,13+,14-,15-;4-,6-,7-,10-;4-,6-,7-,8-/m1111/s1. The van der Waals surface area contributed by atoms with Crippen molar-refractivity contribution in [1.29, 1.82) is 0 Å². The molecule has 0 amide bonds. The number of nitrogen functional groups attached to an aromatic ring is 2. The lowest BCUT2D eigenvalue weighted by atomic mass is 9.81. The van der Waals surface area contributed by atoms with Crippen LogP contribution in [0.4, 0.5) is 11.6 Å². The van der Waals surface area contributed by atoms with Crippen LogP contribution in [-0.4, -0.2) is 349 Å². The van der Waals surface area contributed by atoms with E-state index in [1.165, 1.54) is 17.2 Å². The van der Waals surface area contributed by atoms with Crippen molar-refractivity contribution in [3.8, 4) is 0 Å². The molecule has 0 spiro atoms. The summed E-state index contributed by atoms with van der Waals surface area (Å²) in [5, 5.41) is 140.